The normalized spacial score (nSPS) is 11.2. The van der Waals surface area contributed by atoms with E-state index in [0.29, 0.717) is 5.56 Å². The summed E-state index contributed by atoms with van der Waals surface area (Å²) in [5.41, 5.74) is 2.71. The van der Waals surface area contributed by atoms with Gasteiger partial charge in [0, 0.05) is 37.5 Å². The first-order valence-corrected chi connectivity index (χ1v) is 6.64. The van der Waals surface area contributed by atoms with Crippen LogP contribution in [0, 0.1) is 10.1 Å². The number of hydrogen-bond acceptors (Lipinski definition) is 5. The van der Waals surface area contributed by atoms with Crippen molar-refractivity contribution in [2.75, 3.05) is 19.0 Å². The molecule has 0 bridgehead atoms. The summed E-state index contributed by atoms with van der Waals surface area (Å²) in [6.45, 7) is 0. The number of rotatable bonds is 5. The van der Waals surface area contributed by atoms with Crippen molar-refractivity contribution in [3.63, 3.8) is 0 Å². The summed E-state index contributed by atoms with van der Waals surface area (Å²) in [7, 11) is 3.96. The molecule has 0 unspecified atom stereocenters. The topological polar surface area (TPSA) is 71.1 Å². The van der Waals surface area contributed by atoms with E-state index >= 15 is 0 Å². The summed E-state index contributed by atoms with van der Waals surface area (Å²) in [5, 5.41) is 18.5. The number of hydrogen-bond donors (Lipinski definition) is 0. The van der Waals surface area contributed by atoms with Gasteiger partial charge >= 0.3 is 0 Å². The van der Waals surface area contributed by atoms with Crippen molar-refractivity contribution < 1.29 is 4.92 Å². The van der Waals surface area contributed by atoms with Gasteiger partial charge in [-0.1, -0.05) is 24.3 Å². The Hall–Kier alpha value is -3.02. The average molecular weight is 296 g/mol. The monoisotopic (exact) mass is 296 g/mol. The van der Waals surface area contributed by atoms with Gasteiger partial charge in [0.1, 0.15) is 0 Å². The van der Waals surface area contributed by atoms with Crippen LogP contribution < -0.4 is 4.90 Å². The maximum atomic E-state index is 10.7. The fraction of sp³-hybridized carbons (Fsp3) is 0.125. The molecule has 0 saturated heterocycles. The molecule has 0 amide bonds. The number of nitro groups is 1. The predicted octanol–water partition coefficient (Wildman–Crippen LogP) is 3.11. The Balaban J connectivity index is 2.02. The molecule has 0 radical (unpaired) electrons. The van der Waals surface area contributed by atoms with Crippen LogP contribution in [0.5, 0.6) is 0 Å². The smallest absolute Gasteiger partial charge is 0.270 e. The first-order valence-electron chi connectivity index (χ1n) is 6.64. The van der Waals surface area contributed by atoms with E-state index in [4.69, 9.17) is 0 Å². The second-order valence-corrected chi connectivity index (χ2v) is 4.83. The van der Waals surface area contributed by atoms with Gasteiger partial charge in [0.05, 0.1) is 17.4 Å². The molecule has 0 aliphatic heterocycles. The Morgan fingerprint density at radius 1 is 1.00 bits per heavy atom. The molecule has 0 aliphatic rings. The summed E-state index contributed by atoms with van der Waals surface area (Å²) in [4.78, 5) is 12.2. The lowest BCUT2D eigenvalue weighted by atomic mass is 10.2. The molecule has 6 nitrogen and oxygen atoms in total. The van der Waals surface area contributed by atoms with Crippen molar-refractivity contribution in [2.45, 2.75) is 0 Å². The Labute approximate surface area is 128 Å². The molecule has 0 N–H and O–H groups in total. The van der Waals surface area contributed by atoms with Crippen molar-refractivity contribution in [1.29, 1.82) is 0 Å². The van der Waals surface area contributed by atoms with Crippen molar-refractivity contribution >= 4 is 23.8 Å². The maximum absolute atomic E-state index is 10.7. The summed E-state index contributed by atoms with van der Waals surface area (Å²) in [6, 6.07) is 14.1. The lowest BCUT2D eigenvalue weighted by molar-refractivity contribution is -0.384. The SMILES string of the molecule is CN(C)c1ccc(/C=N/N=C/c2cccc([N+](=O)[O-])c2)cc1. The quantitative estimate of drug-likeness (QED) is 0.483. The van der Waals surface area contributed by atoms with Gasteiger partial charge in [-0.25, -0.2) is 0 Å². The van der Waals surface area contributed by atoms with Crippen LogP contribution in [-0.4, -0.2) is 31.4 Å². The van der Waals surface area contributed by atoms with E-state index in [-0.39, 0.29) is 5.69 Å². The second-order valence-electron chi connectivity index (χ2n) is 4.83. The van der Waals surface area contributed by atoms with Crippen LogP contribution in [0.3, 0.4) is 0 Å². The summed E-state index contributed by atoms with van der Waals surface area (Å²) in [5.74, 6) is 0. The first-order chi connectivity index (χ1) is 10.6. The highest BCUT2D eigenvalue weighted by Crippen LogP contribution is 2.12. The number of nitrogens with zero attached hydrogens (tertiary/aromatic N) is 4. The first kappa shape index (κ1) is 15.4. The number of benzene rings is 2. The third-order valence-electron chi connectivity index (χ3n) is 2.97. The highest BCUT2D eigenvalue weighted by molar-refractivity contribution is 5.83. The predicted molar refractivity (Wildman–Crippen MR) is 89.1 cm³/mol. The Morgan fingerprint density at radius 2 is 1.64 bits per heavy atom. The minimum Gasteiger partial charge on any atom is -0.378 e. The molecule has 2 aromatic carbocycles. The van der Waals surface area contributed by atoms with E-state index < -0.39 is 4.92 Å². The summed E-state index contributed by atoms with van der Waals surface area (Å²) < 4.78 is 0. The number of non-ortho nitro benzene ring substituents is 1. The van der Waals surface area contributed by atoms with Gasteiger partial charge in [-0.2, -0.15) is 10.2 Å². The van der Waals surface area contributed by atoms with Gasteiger partial charge in [-0.15, -0.1) is 0 Å². The van der Waals surface area contributed by atoms with E-state index in [2.05, 4.69) is 10.2 Å². The van der Waals surface area contributed by atoms with Gasteiger partial charge < -0.3 is 4.90 Å². The zero-order valence-corrected chi connectivity index (χ0v) is 12.4. The fourth-order valence-electron chi connectivity index (χ4n) is 1.78. The van der Waals surface area contributed by atoms with Crippen LogP contribution >= 0.6 is 0 Å². The van der Waals surface area contributed by atoms with E-state index in [9.17, 15) is 10.1 Å². The Morgan fingerprint density at radius 3 is 2.23 bits per heavy atom. The number of nitro benzene ring substituents is 1. The fourth-order valence-corrected chi connectivity index (χ4v) is 1.78. The van der Waals surface area contributed by atoms with Crippen molar-refractivity contribution in [2.24, 2.45) is 10.2 Å². The largest absolute Gasteiger partial charge is 0.378 e. The van der Waals surface area contributed by atoms with Crippen LogP contribution in [0.25, 0.3) is 0 Å². The minimum absolute atomic E-state index is 0.0344. The van der Waals surface area contributed by atoms with Crippen molar-refractivity contribution in [3.05, 3.63) is 69.8 Å². The molecule has 0 aromatic heterocycles. The van der Waals surface area contributed by atoms with Gasteiger partial charge in [0.15, 0.2) is 0 Å². The van der Waals surface area contributed by atoms with Gasteiger partial charge in [-0.3, -0.25) is 10.1 Å². The molecule has 112 valence electrons. The zero-order valence-electron chi connectivity index (χ0n) is 12.4. The maximum Gasteiger partial charge on any atom is 0.270 e. The van der Waals surface area contributed by atoms with Gasteiger partial charge in [-0.05, 0) is 17.7 Å². The standard InChI is InChI=1S/C16H16N4O2/c1-19(2)15-8-6-13(7-9-15)11-17-18-12-14-4-3-5-16(10-14)20(21)22/h3-12H,1-2H3/b17-11+,18-12+. The van der Waals surface area contributed by atoms with Crippen LogP contribution in [0.2, 0.25) is 0 Å². The summed E-state index contributed by atoms with van der Waals surface area (Å²) >= 11 is 0. The minimum atomic E-state index is -0.438. The van der Waals surface area contributed by atoms with Crippen molar-refractivity contribution in [3.8, 4) is 0 Å². The molecular weight excluding hydrogens is 280 g/mol. The van der Waals surface area contributed by atoms with E-state index in [1.165, 1.54) is 18.3 Å². The molecule has 2 rings (SSSR count). The molecular formula is C16H16N4O2. The molecule has 0 atom stereocenters. The molecule has 0 heterocycles. The molecule has 2 aromatic rings. The number of anilines is 1. The van der Waals surface area contributed by atoms with Crippen LogP contribution in [0.15, 0.2) is 58.7 Å². The van der Waals surface area contributed by atoms with E-state index in [1.807, 2.05) is 43.3 Å². The van der Waals surface area contributed by atoms with Crippen molar-refractivity contribution in [1.82, 2.24) is 0 Å². The zero-order chi connectivity index (χ0) is 15.9. The van der Waals surface area contributed by atoms with E-state index in [0.717, 1.165) is 11.3 Å². The third kappa shape index (κ3) is 4.24. The van der Waals surface area contributed by atoms with Crippen LogP contribution in [0.1, 0.15) is 11.1 Å². The van der Waals surface area contributed by atoms with Crippen LogP contribution in [0.4, 0.5) is 11.4 Å². The lowest BCUT2D eigenvalue weighted by Gasteiger charge is -2.11. The highest BCUT2D eigenvalue weighted by Gasteiger charge is 2.03. The average Bonchev–Trinajstić information content (AvgIpc) is 2.52. The molecule has 0 aliphatic carbocycles. The third-order valence-corrected chi connectivity index (χ3v) is 2.97. The molecule has 0 saturated carbocycles. The van der Waals surface area contributed by atoms with E-state index in [1.54, 1.807) is 18.3 Å². The van der Waals surface area contributed by atoms with Gasteiger partial charge in [0.2, 0.25) is 0 Å². The van der Waals surface area contributed by atoms with Crippen LogP contribution in [-0.2, 0) is 0 Å². The molecule has 22 heavy (non-hydrogen) atoms. The second kappa shape index (κ2) is 7.12. The van der Waals surface area contributed by atoms with Gasteiger partial charge in [0.25, 0.3) is 5.69 Å². The highest BCUT2D eigenvalue weighted by atomic mass is 16.6. The lowest BCUT2D eigenvalue weighted by Crippen LogP contribution is -2.08. The Bertz CT molecular complexity index is 706. The summed E-state index contributed by atoms with van der Waals surface area (Å²) in [6.07, 6.45) is 3.12. The molecule has 0 fully saturated rings. The Kier molecular flexibility index (Phi) is 4.98. The molecule has 0 spiro atoms. The molecule has 6 heteroatoms.